The van der Waals surface area contributed by atoms with Crippen LogP contribution in [-0.2, 0) is 16.0 Å². The molecule has 3 amide bonds. The van der Waals surface area contributed by atoms with Crippen LogP contribution in [0.15, 0.2) is 48.5 Å². The van der Waals surface area contributed by atoms with Gasteiger partial charge in [-0.05, 0) is 61.0 Å². The zero-order valence-corrected chi connectivity index (χ0v) is 21.8. The Kier molecular flexibility index (Phi) is 8.70. The molecule has 0 radical (unpaired) electrons. The normalized spacial score (nSPS) is 15.7. The van der Waals surface area contributed by atoms with E-state index in [1.54, 1.807) is 0 Å². The Balaban J connectivity index is 1.71. The van der Waals surface area contributed by atoms with Gasteiger partial charge in [0.1, 0.15) is 16.7 Å². The first kappa shape index (κ1) is 27.2. The highest BCUT2D eigenvalue weighted by Crippen LogP contribution is 2.29. The highest BCUT2D eigenvalue weighted by Gasteiger charge is 2.35. The van der Waals surface area contributed by atoms with Gasteiger partial charge in [-0.15, -0.1) is 0 Å². The molecule has 2 heterocycles. The van der Waals surface area contributed by atoms with Crippen molar-refractivity contribution in [2.75, 3.05) is 25.4 Å². The number of nitrogen functional groups attached to an aromatic ring is 1. The van der Waals surface area contributed by atoms with E-state index in [0.717, 1.165) is 35.5 Å². The second kappa shape index (κ2) is 12.1. The number of aromatic nitrogens is 1. The average Bonchev–Trinajstić information content (AvgIpc) is 3.55. The molecule has 5 N–H and O–H groups in total. The number of anilines is 1. The lowest BCUT2D eigenvalue weighted by Gasteiger charge is -2.31. The maximum absolute atomic E-state index is 13.9. The van der Waals surface area contributed by atoms with Gasteiger partial charge >= 0.3 is 0 Å². The van der Waals surface area contributed by atoms with Crippen LogP contribution in [-0.4, -0.2) is 52.8 Å². The number of rotatable bonds is 10. The molecule has 1 saturated heterocycles. The zero-order valence-electron chi connectivity index (χ0n) is 21.0. The highest BCUT2D eigenvalue weighted by molar-refractivity contribution is 7.09. The van der Waals surface area contributed by atoms with Gasteiger partial charge in [-0.3, -0.25) is 14.4 Å². The molecule has 0 saturated carbocycles. The quantitative estimate of drug-likeness (QED) is 0.362. The van der Waals surface area contributed by atoms with Crippen LogP contribution in [0.5, 0.6) is 0 Å². The van der Waals surface area contributed by atoms with E-state index in [1.165, 1.54) is 29.2 Å². The van der Waals surface area contributed by atoms with Crippen molar-refractivity contribution in [3.63, 3.8) is 0 Å². The summed E-state index contributed by atoms with van der Waals surface area (Å²) in [6.07, 6.45) is 2.06. The highest BCUT2D eigenvalue weighted by atomic mass is 32.1. The molecule has 9 nitrogen and oxygen atoms in total. The molecule has 3 aromatic rings. The lowest BCUT2D eigenvalue weighted by molar-refractivity contribution is -0.126. The Morgan fingerprint density at radius 2 is 2.00 bits per heavy atom. The average molecular weight is 540 g/mol. The lowest BCUT2D eigenvalue weighted by Crippen LogP contribution is -2.46. The summed E-state index contributed by atoms with van der Waals surface area (Å²) in [6.45, 7) is 3.03. The second-order valence-electron chi connectivity index (χ2n) is 9.21. The number of nitrogens with zero attached hydrogens (tertiary/aromatic N) is 2. The predicted molar refractivity (Wildman–Crippen MR) is 142 cm³/mol. The van der Waals surface area contributed by atoms with Gasteiger partial charge in [-0.25, -0.2) is 4.39 Å². The number of nitrogens with two attached hydrogens (primary N) is 2. The third-order valence-corrected chi connectivity index (χ3v) is 7.27. The first-order valence-electron chi connectivity index (χ1n) is 12.3. The van der Waals surface area contributed by atoms with Gasteiger partial charge in [0, 0.05) is 19.7 Å². The SMILES string of the molecule is Cc1cccc(CCN(C(=O)c2snc(C(N)=O)c2N)[C@H](C(=O)NC[C@@H]2CCCO2)c2ccc(F)cc2)c1. The number of primary amides is 1. The molecule has 38 heavy (non-hydrogen) atoms. The van der Waals surface area contributed by atoms with Gasteiger partial charge in [0.25, 0.3) is 11.8 Å². The third-order valence-electron chi connectivity index (χ3n) is 6.41. The van der Waals surface area contributed by atoms with E-state index in [9.17, 15) is 18.8 Å². The fraction of sp³-hybridized carbons (Fsp3) is 0.333. The number of amides is 3. The Morgan fingerprint density at radius 3 is 2.63 bits per heavy atom. The smallest absolute Gasteiger partial charge is 0.270 e. The molecule has 2 aromatic carbocycles. The summed E-state index contributed by atoms with van der Waals surface area (Å²) in [4.78, 5) is 40.7. The molecule has 0 aliphatic carbocycles. The first-order chi connectivity index (χ1) is 18.2. The third kappa shape index (κ3) is 6.35. The number of ether oxygens (including phenoxy) is 1. The van der Waals surface area contributed by atoms with E-state index in [4.69, 9.17) is 16.2 Å². The fourth-order valence-corrected chi connectivity index (χ4v) is 5.22. The molecule has 0 bridgehead atoms. The van der Waals surface area contributed by atoms with Crippen LogP contribution >= 0.6 is 11.5 Å². The number of hydrogen-bond donors (Lipinski definition) is 3. The van der Waals surface area contributed by atoms with E-state index in [2.05, 4.69) is 9.69 Å². The number of hydrogen-bond acceptors (Lipinski definition) is 7. The second-order valence-corrected chi connectivity index (χ2v) is 9.98. The van der Waals surface area contributed by atoms with Crippen molar-refractivity contribution in [1.29, 1.82) is 0 Å². The molecule has 0 spiro atoms. The number of carbonyl (C=O) groups excluding carboxylic acids is 3. The number of halogens is 1. The van der Waals surface area contributed by atoms with Crippen molar-refractivity contribution < 1.29 is 23.5 Å². The van der Waals surface area contributed by atoms with Gasteiger partial charge in [-0.1, -0.05) is 42.0 Å². The van der Waals surface area contributed by atoms with E-state index < -0.39 is 29.6 Å². The molecule has 1 fully saturated rings. The van der Waals surface area contributed by atoms with Crippen molar-refractivity contribution in [2.24, 2.45) is 5.73 Å². The number of nitrogens with one attached hydrogen (secondary N) is 1. The predicted octanol–water partition coefficient (Wildman–Crippen LogP) is 2.99. The maximum atomic E-state index is 13.9. The summed E-state index contributed by atoms with van der Waals surface area (Å²) in [7, 11) is 0. The molecular formula is C27H30FN5O4S. The molecule has 200 valence electrons. The minimum Gasteiger partial charge on any atom is -0.395 e. The van der Waals surface area contributed by atoms with Crippen molar-refractivity contribution in [1.82, 2.24) is 14.6 Å². The van der Waals surface area contributed by atoms with Gasteiger partial charge in [0.05, 0.1) is 11.8 Å². The van der Waals surface area contributed by atoms with Crippen molar-refractivity contribution in [3.8, 4) is 0 Å². The molecule has 1 aliphatic heterocycles. The summed E-state index contributed by atoms with van der Waals surface area (Å²) >= 11 is 0.747. The van der Waals surface area contributed by atoms with Gasteiger partial charge in [0.15, 0.2) is 5.69 Å². The van der Waals surface area contributed by atoms with Crippen molar-refractivity contribution >= 4 is 34.9 Å². The van der Waals surface area contributed by atoms with Crippen LogP contribution in [0, 0.1) is 12.7 Å². The van der Waals surface area contributed by atoms with Crippen LogP contribution < -0.4 is 16.8 Å². The summed E-state index contributed by atoms with van der Waals surface area (Å²) < 4.78 is 23.4. The summed E-state index contributed by atoms with van der Waals surface area (Å²) in [5.41, 5.74) is 13.6. The molecule has 4 rings (SSSR count). The molecule has 1 aromatic heterocycles. The van der Waals surface area contributed by atoms with E-state index >= 15 is 0 Å². The zero-order chi connectivity index (χ0) is 27.2. The lowest BCUT2D eigenvalue weighted by atomic mass is 10.0. The van der Waals surface area contributed by atoms with Crippen LogP contribution in [0.25, 0.3) is 0 Å². The van der Waals surface area contributed by atoms with Crippen molar-refractivity contribution in [2.45, 2.75) is 38.3 Å². The molecule has 1 aliphatic rings. The van der Waals surface area contributed by atoms with Crippen molar-refractivity contribution in [3.05, 3.63) is 81.6 Å². The van der Waals surface area contributed by atoms with Gasteiger partial charge in [-0.2, -0.15) is 4.37 Å². The Labute approximate surface area is 224 Å². The maximum Gasteiger partial charge on any atom is 0.270 e. The number of carbonyl (C=O) groups is 3. The molecule has 2 atom stereocenters. The van der Waals surface area contributed by atoms with E-state index in [1.807, 2.05) is 31.2 Å². The van der Waals surface area contributed by atoms with Crippen LogP contribution in [0.2, 0.25) is 0 Å². The van der Waals surface area contributed by atoms with E-state index in [0.29, 0.717) is 18.6 Å². The minimum absolute atomic E-state index is 0.00193. The standard InChI is InChI=1S/C27H30FN5O4S/c1-16-4-2-5-17(14-16)11-12-33(27(36)24-21(29)22(25(30)34)32-38-24)23(18-7-9-19(28)10-8-18)26(35)31-15-20-6-3-13-37-20/h2,4-5,7-10,14,20,23H,3,6,11-13,15,29H2,1H3,(H2,30,34)(H,31,35)/t20-,23-/m0/s1. The monoisotopic (exact) mass is 539 g/mol. The molecule has 11 heteroatoms. The number of aryl methyl sites for hydroxylation is 1. The topological polar surface area (TPSA) is 141 Å². The Morgan fingerprint density at radius 1 is 1.24 bits per heavy atom. The van der Waals surface area contributed by atoms with Gasteiger partial charge in [0.2, 0.25) is 5.91 Å². The van der Waals surface area contributed by atoms with Crippen LogP contribution in [0.3, 0.4) is 0 Å². The first-order valence-corrected chi connectivity index (χ1v) is 13.1. The van der Waals surface area contributed by atoms with Gasteiger partial charge < -0.3 is 26.4 Å². The van der Waals surface area contributed by atoms with E-state index in [-0.39, 0.29) is 35.5 Å². The molecular weight excluding hydrogens is 509 g/mol. The molecule has 0 unspecified atom stereocenters. The number of benzene rings is 2. The largest absolute Gasteiger partial charge is 0.395 e. The Bertz CT molecular complexity index is 1310. The fourth-order valence-electron chi connectivity index (χ4n) is 4.46. The Hall–Kier alpha value is -3.83. The minimum atomic E-state index is -1.10. The van der Waals surface area contributed by atoms with Crippen LogP contribution in [0.1, 0.15) is 55.7 Å². The summed E-state index contributed by atoms with van der Waals surface area (Å²) in [5, 5.41) is 2.90. The summed E-state index contributed by atoms with van der Waals surface area (Å²) in [5.74, 6) is -2.35. The summed E-state index contributed by atoms with van der Waals surface area (Å²) in [6, 6.07) is 12.2. The van der Waals surface area contributed by atoms with Crippen LogP contribution in [0.4, 0.5) is 10.1 Å².